The van der Waals surface area contributed by atoms with Gasteiger partial charge in [-0.15, -0.1) is 4.68 Å². The van der Waals surface area contributed by atoms with Gasteiger partial charge in [0.1, 0.15) is 5.75 Å². The third-order valence-corrected chi connectivity index (χ3v) is 4.85. The van der Waals surface area contributed by atoms with E-state index in [0.717, 1.165) is 21.5 Å². The summed E-state index contributed by atoms with van der Waals surface area (Å²) in [7, 11) is 1.65. The van der Waals surface area contributed by atoms with Crippen molar-refractivity contribution in [2.45, 2.75) is 0 Å². The van der Waals surface area contributed by atoms with Crippen LogP contribution in [0.4, 0.5) is 10.5 Å². The van der Waals surface area contributed by atoms with Crippen LogP contribution in [0.2, 0.25) is 0 Å². The lowest BCUT2D eigenvalue weighted by Crippen LogP contribution is -2.52. The zero-order chi connectivity index (χ0) is 18.8. The first-order valence-electron chi connectivity index (χ1n) is 8.83. The van der Waals surface area contributed by atoms with Crippen molar-refractivity contribution in [2.75, 3.05) is 38.2 Å². The van der Waals surface area contributed by atoms with Gasteiger partial charge in [0.25, 0.3) is 5.56 Å². The van der Waals surface area contributed by atoms with Crippen molar-refractivity contribution in [2.24, 2.45) is 0 Å². The molecule has 0 radical (unpaired) electrons. The van der Waals surface area contributed by atoms with Crippen LogP contribution in [0, 0.1) is 0 Å². The molecule has 0 spiro atoms. The molecular formula is C20H20N4O3. The number of piperazine rings is 1. The Kier molecular flexibility index (Phi) is 4.50. The summed E-state index contributed by atoms with van der Waals surface area (Å²) in [6, 6.07) is 14.6. The van der Waals surface area contributed by atoms with E-state index in [1.54, 1.807) is 30.3 Å². The maximum atomic E-state index is 12.8. The number of para-hydroxylation sites is 2. The lowest BCUT2D eigenvalue weighted by atomic mass is 10.2. The molecule has 1 fully saturated rings. The highest BCUT2D eigenvalue weighted by Crippen LogP contribution is 2.28. The second kappa shape index (κ2) is 7.11. The van der Waals surface area contributed by atoms with Crippen LogP contribution in [0.25, 0.3) is 10.8 Å². The fourth-order valence-electron chi connectivity index (χ4n) is 3.39. The van der Waals surface area contributed by atoms with Gasteiger partial charge in [-0.2, -0.15) is 5.10 Å². The number of fused-ring (bicyclic) bond motifs is 1. The van der Waals surface area contributed by atoms with Gasteiger partial charge >= 0.3 is 6.03 Å². The zero-order valence-corrected chi connectivity index (χ0v) is 15.0. The molecule has 4 rings (SSSR count). The molecule has 1 aliphatic heterocycles. The number of hydrogen-bond donors (Lipinski definition) is 0. The minimum Gasteiger partial charge on any atom is -0.495 e. The quantitative estimate of drug-likeness (QED) is 0.697. The van der Waals surface area contributed by atoms with E-state index in [9.17, 15) is 9.59 Å². The number of benzene rings is 2. The standard InChI is InChI=1S/C20H20N4O3/c1-27-18-9-5-4-8-17(18)22-10-12-23(13-11-22)20(26)24-19(25)16-7-3-2-6-15(16)14-21-24/h2-9,14H,10-13H2,1H3. The van der Waals surface area contributed by atoms with E-state index in [1.165, 1.54) is 0 Å². The van der Waals surface area contributed by atoms with E-state index < -0.39 is 0 Å². The maximum absolute atomic E-state index is 12.8. The molecule has 0 bridgehead atoms. The van der Waals surface area contributed by atoms with Crippen LogP contribution in [-0.4, -0.2) is 54.0 Å². The first kappa shape index (κ1) is 17.1. The van der Waals surface area contributed by atoms with E-state index in [0.29, 0.717) is 31.6 Å². The Balaban J connectivity index is 1.52. The van der Waals surface area contributed by atoms with E-state index in [2.05, 4.69) is 10.00 Å². The van der Waals surface area contributed by atoms with Gasteiger partial charge in [0, 0.05) is 31.6 Å². The Bertz CT molecular complexity index is 1040. The lowest BCUT2D eigenvalue weighted by Gasteiger charge is -2.36. The van der Waals surface area contributed by atoms with Gasteiger partial charge in [0.15, 0.2) is 0 Å². The molecule has 1 aliphatic rings. The number of aromatic nitrogens is 2. The molecule has 2 aromatic carbocycles. The van der Waals surface area contributed by atoms with Crippen molar-refractivity contribution in [1.29, 1.82) is 0 Å². The molecule has 0 saturated carbocycles. The second-order valence-electron chi connectivity index (χ2n) is 6.38. The van der Waals surface area contributed by atoms with Gasteiger partial charge < -0.3 is 14.5 Å². The van der Waals surface area contributed by atoms with Crippen LogP contribution < -0.4 is 15.2 Å². The molecular weight excluding hydrogens is 344 g/mol. The Labute approximate surface area is 156 Å². The highest BCUT2D eigenvalue weighted by Gasteiger charge is 2.25. The van der Waals surface area contributed by atoms with Crippen molar-refractivity contribution >= 4 is 22.5 Å². The summed E-state index contributed by atoms with van der Waals surface area (Å²) in [4.78, 5) is 29.3. The Hall–Kier alpha value is -3.35. The summed E-state index contributed by atoms with van der Waals surface area (Å²) >= 11 is 0. The summed E-state index contributed by atoms with van der Waals surface area (Å²) in [5, 5.41) is 5.29. The molecule has 0 aliphatic carbocycles. The molecule has 0 atom stereocenters. The fraction of sp³-hybridized carbons (Fsp3) is 0.250. The normalized spacial score (nSPS) is 14.4. The van der Waals surface area contributed by atoms with E-state index in [4.69, 9.17) is 4.74 Å². The summed E-state index contributed by atoms with van der Waals surface area (Å²) < 4.78 is 6.38. The van der Waals surface area contributed by atoms with Crippen LogP contribution >= 0.6 is 0 Å². The van der Waals surface area contributed by atoms with Crippen LogP contribution in [-0.2, 0) is 0 Å². The minimum atomic E-state index is -0.384. The van der Waals surface area contributed by atoms with Gasteiger partial charge in [0.2, 0.25) is 0 Å². The molecule has 1 amide bonds. The largest absolute Gasteiger partial charge is 0.495 e. The van der Waals surface area contributed by atoms with Gasteiger partial charge in [-0.05, 0) is 18.2 Å². The number of carbonyl (C=O) groups is 1. The number of nitrogens with zero attached hydrogens (tertiary/aromatic N) is 4. The average Bonchev–Trinajstić information content (AvgIpc) is 2.74. The molecule has 2 heterocycles. The molecule has 7 heteroatoms. The topological polar surface area (TPSA) is 67.7 Å². The highest BCUT2D eigenvalue weighted by molar-refractivity contribution is 5.84. The number of carbonyl (C=O) groups excluding carboxylic acids is 1. The van der Waals surface area contributed by atoms with Gasteiger partial charge in [-0.1, -0.05) is 30.3 Å². The maximum Gasteiger partial charge on any atom is 0.348 e. The SMILES string of the molecule is COc1ccccc1N1CCN(C(=O)n2ncc3ccccc3c2=O)CC1. The molecule has 0 unspecified atom stereocenters. The van der Waals surface area contributed by atoms with E-state index in [1.807, 2.05) is 36.4 Å². The van der Waals surface area contributed by atoms with Crippen LogP contribution in [0.3, 0.4) is 0 Å². The van der Waals surface area contributed by atoms with Gasteiger partial charge in [-0.3, -0.25) is 4.79 Å². The van der Waals surface area contributed by atoms with E-state index >= 15 is 0 Å². The average molecular weight is 364 g/mol. The number of rotatable bonds is 2. The van der Waals surface area contributed by atoms with Crippen molar-refractivity contribution in [1.82, 2.24) is 14.7 Å². The van der Waals surface area contributed by atoms with Crippen LogP contribution in [0.15, 0.2) is 59.5 Å². The van der Waals surface area contributed by atoms with Gasteiger partial charge in [0.05, 0.1) is 24.4 Å². The first-order valence-corrected chi connectivity index (χ1v) is 8.83. The Morgan fingerprint density at radius 2 is 1.70 bits per heavy atom. The third-order valence-electron chi connectivity index (χ3n) is 4.85. The molecule has 0 N–H and O–H groups in total. The van der Waals surface area contributed by atoms with E-state index in [-0.39, 0.29) is 11.6 Å². The monoisotopic (exact) mass is 364 g/mol. The summed E-state index contributed by atoms with van der Waals surface area (Å²) in [5.41, 5.74) is 0.623. The lowest BCUT2D eigenvalue weighted by molar-refractivity contribution is 0.191. The highest BCUT2D eigenvalue weighted by atomic mass is 16.5. The fourth-order valence-corrected chi connectivity index (χ4v) is 3.39. The summed E-state index contributed by atoms with van der Waals surface area (Å²) in [6.45, 7) is 2.35. The van der Waals surface area contributed by atoms with Crippen molar-refractivity contribution in [3.8, 4) is 5.75 Å². The summed E-state index contributed by atoms with van der Waals surface area (Å²) in [5.74, 6) is 0.810. The summed E-state index contributed by atoms with van der Waals surface area (Å²) in [6.07, 6.45) is 1.56. The minimum absolute atomic E-state index is 0.384. The molecule has 7 nitrogen and oxygen atoms in total. The third kappa shape index (κ3) is 3.12. The van der Waals surface area contributed by atoms with Crippen molar-refractivity contribution in [3.63, 3.8) is 0 Å². The van der Waals surface area contributed by atoms with Crippen LogP contribution in [0.1, 0.15) is 0 Å². The van der Waals surface area contributed by atoms with Gasteiger partial charge in [-0.25, -0.2) is 4.79 Å². The molecule has 27 heavy (non-hydrogen) atoms. The Morgan fingerprint density at radius 3 is 2.48 bits per heavy atom. The number of anilines is 1. The number of methoxy groups -OCH3 is 1. The van der Waals surface area contributed by atoms with Crippen molar-refractivity contribution < 1.29 is 9.53 Å². The Morgan fingerprint density at radius 1 is 1.00 bits per heavy atom. The zero-order valence-electron chi connectivity index (χ0n) is 15.0. The predicted molar refractivity (Wildman–Crippen MR) is 104 cm³/mol. The first-order chi connectivity index (χ1) is 13.2. The van der Waals surface area contributed by atoms with Crippen LogP contribution in [0.5, 0.6) is 5.75 Å². The number of hydrogen-bond acceptors (Lipinski definition) is 5. The molecule has 138 valence electrons. The number of ether oxygens (including phenoxy) is 1. The smallest absolute Gasteiger partial charge is 0.348 e. The molecule has 1 saturated heterocycles. The predicted octanol–water partition coefficient (Wildman–Crippen LogP) is 2.20. The second-order valence-corrected chi connectivity index (χ2v) is 6.38. The molecule has 1 aromatic heterocycles. The molecule has 3 aromatic rings. The number of amides is 1. The van der Waals surface area contributed by atoms with Crippen molar-refractivity contribution in [3.05, 3.63) is 65.1 Å².